The Morgan fingerprint density at radius 1 is 0.406 bits per heavy atom. The van der Waals surface area contributed by atoms with E-state index in [9.17, 15) is 19.5 Å². The number of aliphatic carboxylic acids is 1. The first-order valence-corrected chi connectivity index (χ1v) is 28.7. The molecular weight excluding hydrogens is 795 g/mol. The molecule has 0 saturated carbocycles. The van der Waals surface area contributed by atoms with Gasteiger partial charge in [0.05, 0.1) is 6.61 Å². The Balaban J connectivity index is 6.12. The van der Waals surface area contributed by atoms with Crippen molar-refractivity contribution in [2.75, 3.05) is 6.61 Å². The fourth-order valence-corrected chi connectivity index (χ4v) is 9.31. The summed E-state index contributed by atoms with van der Waals surface area (Å²) in [5.74, 6) is -1.21. The van der Waals surface area contributed by atoms with Crippen molar-refractivity contribution in [3.8, 4) is 0 Å². The highest BCUT2D eigenvalue weighted by Crippen LogP contribution is 2.28. The molecule has 0 fully saturated rings. The van der Waals surface area contributed by atoms with Gasteiger partial charge >= 0.3 is 11.9 Å². The number of carbonyl (C=O) groups excluding carboxylic acids is 2. The quantitative estimate of drug-likeness (QED) is 0.0358. The van der Waals surface area contributed by atoms with Crippen LogP contribution in [0.1, 0.15) is 317 Å². The molecule has 380 valence electrons. The van der Waals surface area contributed by atoms with Gasteiger partial charge in [-0.2, -0.15) is 0 Å². The molecule has 3 unspecified atom stereocenters. The van der Waals surface area contributed by atoms with Gasteiger partial charge in [-0.15, -0.1) is 0 Å². The standard InChI is InChI=1S/C57H111NO6/c1-6-11-16-21-26-29-32-37-42-47-54(59)58-53(48-49-55(60)61)56(62)64-57(52(45-40-35-25-20-15-10-5)46-41-36-31-28-23-18-13-8-3)63-50-51(43-38-33-24-19-14-9-4)44-39-34-30-27-22-17-12-7-2/h51-53,57H,6-50H2,1-5H3,(H,58,59)(H,60,61)/t51?,52?,53-,57?/m0/s1. The average molecular weight is 907 g/mol. The number of hydrogen-bond donors (Lipinski definition) is 2. The van der Waals surface area contributed by atoms with Crippen molar-refractivity contribution >= 4 is 17.8 Å². The number of nitrogens with one attached hydrogen (secondary N) is 1. The molecule has 0 rings (SSSR count). The molecule has 1 amide bonds. The van der Waals surface area contributed by atoms with Gasteiger partial charge in [-0.3, -0.25) is 9.59 Å². The highest BCUT2D eigenvalue weighted by molar-refractivity contribution is 5.85. The number of unbranched alkanes of at least 4 members (excludes halogenated alkanes) is 32. The van der Waals surface area contributed by atoms with Crippen molar-refractivity contribution in [2.45, 2.75) is 329 Å². The van der Waals surface area contributed by atoms with Crippen LogP contribution in [0, 0.1) is 11.8 Å². The van der Waals surface area contributed by atoms with Crippen molar-refractivity contribution in [3.63, 3.8) is 0 Å². The summed E-state index contributed by atoms with van der Waals surface area (Å²) in [4.78, 5) is 39.3. The first kappa shape index (κ1) is 62.4. The molecule has 64 heavy (non-hydrogen) atoms. The monoisotopic (exact) mass is 906 g/mol. The lowest BCUT2D eigenvalue weighted by atomic mass is 9.92. The van der Waals surface area contributed by atoms with Gasteiger partial charge in [-0.1, -0.05) is 266 Å². The molecule has 0 radical (unpaired) electrons. The number of hydrogen-bond acceptors (Lipinski definition) is 5. The van der Waals surface area contributed by atoms with Gasteiger partial charge in [0.1, 0.15) is 6.04 Å². The van der Waals surface area contributed by atoms with E-state index in [4.69, 9.17) is 9.47 Å². The first-order valence-electron chi connectivity index (χ1n) is 28.7. The number of rotatable bonds is 52. The molecule has 4 atom stereocenters. The van der Waals surface area contributed by atoms with Gasteiger partial charge in [-0.25, -0.2) is 4.79 Å². The van der Waals surface area contributed by atoms with Crippen LogP contribution in [0.4, 0.5) is 0 Å². The maximum Gasteiger partial charge on any atom is 0.330 e. The van der Waals surface area contributed by atoms with Crippen molar-refractivity contribution in [2.24, 2.45) is 11.8 Å². The van der Waals surface area contributed by atoms with Crippen LogP contribution in [-0.2, 0) is 23.9 Å². The van der Waals surface area contributed by atoms with E-state index in [0.717, 1.165) is 57.8 Å². The summed E-state index contributed by atoms with van der Waals surface area (Å²) in [7, 11) is 0. The fraction of sp³-hybridized carbons (Fsp3) is 0.947. The van der Waals surface area contributed by atoms with Crippen LogP contribution in [0.3, 0.4) is 0 Å². The number of ether oxygens (including phenoxy) is 2. The summed E-state index contributed by atoms with van der Waals surface area (Å²) in [6, 6.07) is -0.998. The maximum absolute atomic E-state index is 14.2. The summed E-state index contributed by atoms with van der Waals surface area (Å²) >= 11 is 0. The Labute approximate surface area is 398 Å². The molecular formula is C57H111NO6. The normalized spacial score (nSPS) is 13.5. The topological polar surface area (TPSA) is 102 Å². The van der Waals surface area contributed by atoms with E-state index in [-0.39, 0.29) is 24.7 Å². The van der Waals surface area contributed by atoms with Gasteiger partial charge in [0.2, 0.25) is 12.2 Å². The third kappa shape index (κ3) is 41.8. The summed E-state index contributed by atoms with van der Waals surface area (Å²) < 4.78 is 13.4. The Kier molecular flexibility index (Phi) is 48.0. The molecule has 0 aromatic rings. The number of carboxylic acids is 1. The predicted molar refractivity (Wildman–Crippen MR) is 274 cm³/mol. The molecule has 0 aliphatic carbocycles. The van der Waals surface area contributed by atoms with E-state index in [1.54, 1.807) is 0 Å². The number of carbonyl (C=O) groups is 3. The highest BCUT2D eigenvalue weighted by Gasteiger charge is 2.31. The van der Waals surface area contributed by atoms with Crippen molar-refractivity contribution in [1.82, 2.24) is 5.32 Å². The number of esters is 1. The average Bonchev–Trinajstić information content (AvgIpc) is 3.28. The largest absolute Gasteiger partial charge is 0.481 e. The van der Waals surface area contributed by atoms with E-state index in [0.29, 0.717) is 18.9 Å². The zero-order chi connectivity index (χ0) is 47.0. The Bertz CT molecular complexity index is 1000. The molecule has 7 nitrogen and oxygen atoms in total. The minimum absolute atomic E-state index is 0.0175. The zero-order valence-electron chi connectivity index (χ0n) is 43.6. The molecule has 0 spiro atoms. The molecule has 0 aromatic heterocycles. The van der Waals surface area contributed by atoms with Crippen LogP contribution in [0.25, 0.3) is 0 Å². The van der Waals surface area contributed by atoms with Crippen molar-refractivity contribution in [1.29, 1.82) is 0 Å². The van der Waals surface area contributed by atoms with Crippen molar-refractivity contribution < 1.29 is 29.0 Å². The molecule has 2 N–H and O–H groups in total. The summed E-state index contributed by atoms with van der Waals surface area (Å²) in [5.41, 5.74) is 0. The van der Waals surface area contributed by atoms with Crippen LogP contribution in [-0.4, -0.2) is 41.9 Å². The molecule has 0 heterocycles. The summed E-state index contributed by atoms with van der Waals surface area (Å²) in [6.45, 7) is 11.9. The fourth-order valence-electron chi connectivity index (χ4n) is 9.31. The van der Waals surface area contributed by atoms with Gasteiger partial charge in [0, 0.05) is 18.8 Å². The molecule has 0 aliphatic heterocycles. The predicted octanol–water partition coefficient (Wildman–Crippen LogP) is 17.9. The van der Waals surface area contributed by atoms with Gasteiger partial charge < -0.3 is 19.9 Å². The van der Waals surface area contributed by atoms with Crippen LogP contribution >= 0.6 is 0 Å². The Hall–Kier alpha value is -1.63. The number of amides is 1. The third-order valence-corrected chi connectivity index (χ3v) is 13.7. The second-order valence-corrected chi connectivity index (χ2v) is 20.0. The molecule has 0 bridgehead atoms. The van der Waals surface area contributed by atoms with E-state index in [1.807, 2.05) is 0 Å². The van der Waals surface area contributed by atoms with Crippen molar-refractivity contribution in [3.05, 3.63) is 0 Å². The van der Waals surface area contributed by atoms with Crippen LogP contribution < -0.4 is 5.32 Å². The van der Waals surface area contributed by atoms with Crippen LogP contribution in [0.2, 0.25) is 0 Å². The lowest BCUT2D eigenvalue weighted by molar-refractivity contribution is -0.199. The molecule has 7 heteroatoms. The van der Waals surface area contributed by atoms with Gasteiger partial charge in [0.25, 0.3) is 0 Å². The molecule has 0 aliphatic rings. The van der Waals surface area contributed by atoms with Crippen LogP contribution in [0.5, 0.6) is 0 Å². The Morgan fingerprint density at radius 3 is 1.09 bits per heavy atom. The second-order valence-electron chi connectivity index (χ2n) is 20.0. The van der Waals surface area contributed by atoms with Gasteiger partial charge in [0.15, 0.2) is 0 Å². The minimum Gasteiger partial charge on any atom is -0.481 e. The van der Waals surface area contributed by atoms with E-state index < -0.39 is 24.3 Å². The highest BCUT2D eigenvalue weighted by atomic mass is 16.7. The lowest BCUT2D eigenvalue weighted by Crippen LogP contribution is -2.45. The second kappa shape index (κ2) is 49.3. The number of carboxylic acid groups (broad SMARTS) is 1. The maximum atomic E-state index is 14.2. The molecule has 0 saturated heterocycles. The molecule has 0 aromatic carbocycles. The lowest BCUT2D eigenvalue weighted by Gasteiger charge is -2.30. The zero-order valence-corrected chi connectivity index (χ0v) is 43.6. The third-order valence-electron chi connectivity index (χ3n) is 13.7. The van der Waals surface area contributed by atoms with E-state index in [2.05, 4.69) is 39.9 Å². The first-order chi connectivity index (χ1) is 31.3. The van der Waals surface area contributed by atoms with Crippen LogP contribution in [0.15, 0.2) is 0 Å². The smallest absolute Gasteiger partial charge is 0.330 e. The van der Waals surface area contributed by atoms with Gasteiger partial charge in [-0.05, 0) is 44.4 Å². The minimum atomic E-state index is -0.998. The summed E-state index contributed by atoms with van der Waals surface area (Å²) in [5, 5.41) is 12.6. The Morgan fingerprint density at radius 2 is 0.734 bits per heavy atom. The summed E-state index contributed by atoms with van der Waals surface area (Å²) in [6.07, 6.45) is 49.4. The van der Waals surface area contributed by atoms with E-state index >= 15 is 0 Å². The SMILES string of the molecule is CCCCCCCCCCCC(=O)N[C@@H](CCC(=O)O)C(=O)OC(OCC(CCCCCCCC)CCCCCCCCCC)C(CCCCCCCC)CCCCCCCCCC. The van der Waals surface area contributed by atoms with E-state index in [1.165, 1.54) is 205 Å².